The summed E-state index contributed by atoms with van der Waals surface area (Å²) in [6.07, 6.45) is -0.603. The summed E-state index contributed by atoms with van der Waals surface area (Å²) in [5.74, 6) is 0.752. The minimum Gasteiger partial charge on any atom is -0.484 e. The van der Waals surface area contributed by atoms with Crippen molar-refractivity contribution in [3.05, 3.63) is 53.5 Å². The van der Waals surface area contributed by atoms with Gasteiger partial charge in [-0.25, -0.2) is 0 Å². The summed E-state index contributed by atoms with van der Waals surface area (Å²) in [6.45, 7) is 4.02. The van der Waals surface area contributed by atoms with Gasteiger partial charge in [-0.3, -0.25) is 4.79 Å². The minimum absolute atomic E-state index is 0.0612. The van der Waals surface area contributed by atoms with E-state index in [0.717, 1.165) is 0 Å². The molecule has 1 amide bonds. The highest BCUT2D eigenvalue weighted by molar-refractivity contribution is 5.91. The molecule has 0 bridgehead atoms. The maximum absolute atomic E-state index is 12.0. The Morgan fingerprint density at radius 1 is 1.33 bits per heavy atom. The predicted octanol–water partition coefficient (Wildman–Crippen LogP) is 2.48. The molecule has 0 spiro atoms. The Morgan fingerprint density at radius 3 is 2.79 bits per heavy atom. The van der Waals surface area contributed by atoms with Gasteiger partial charge >= 0.3 is 0 Å². The Morgan fingerprint density at radius 2 is 2.08 bits per heavy atom. The molecule has 6 nitrogen and oxygen atoms in total. The van der Waals surface area contributed by atoms with E-state index < -0.39 is 12.0 Å². The summed E-state index contributed by atoms with van der Waals surface area (Å²) in [6, 6.07) is 12.1. The molecule has 0 aliphatic rings. The summed E-state index contributed by atoms with van der Waals surface area (Å²) in [5, 5.41) is 21.3. The highest BCUT2D eigenvalue weighted by atomic mass is 16.5. The second-order valence-corrected chi connectivity index (χ2v) is 5.68. The normalized spacial score (nSPS) is 11.8. The molecule has 2 N–H and O–H groups in total. The summed E-state index contributed by atoms with van der Waals surface area (Å²) < 4.78 is 11.0. The first-order chi connectivity index (χ1) is 11.5. The van der Waals surface area contributed by atoms with E-state index in [1.54, 1.807) is 36.4 Å². The van der Waals surface area contributed by atoms with Crippen LogP contribution in [0.4, 0.5) is 0 Å². The number of hydrogen-bond donors (Lipinski definition) is 2. The molecule has 126 valence electrons. The van der Waals surface area contributed by atoms with Crippen molar-refractivity contribution in [1.29, 1.82) is 5.26 Å². The van der Waals surface area contributed by atoms with Crippen molar-refractivity contribution in [3.63, 3.8) is 0 Å². The monoisotopic (exact) mass is 328 g/mol. The maximum Gasteiger partial charge on any atom is 0.287 e. The maximum atomic E-state index is 12.0. The average molecular weight is 328 g/mol. The fourth-order valence-electron chi connectivity index (χ4n) is 1.93. The standard InChI is InChI=1S/C18H20N2O4/c1-12(2)15(21)10-20-18(22)17-8-7-14(24-17)11-23-16-6-4-3-5-13(16)9-19/h3-8,12,15,21H,10-11H2,1-2H3,(H,20,22)/t15-/m0/s1. The summed E-state index contributed by atoms with van der Waals surface area (Å²) >= 11 is 0. The number of nitrogens with one attached hydrogen (secondary N) is 1. The van der Waals surface area contributed by atoms with E-state index in [4.69, 9.17) is 14.4 Å². The van der Waals surface area contributed by atoms with Crippen LogP contribution < -0.4 is 10.1 Å². The van der Waals surface area contributed by atoms with Crippen molar-refractivity contribution in [2.24, 2.45) is 5.92 Å². The number of nitriles is 1. The Hall–Kier alpha value is -2.78. The van der Waals surface area contributed by atoms with Gasteiger partial charge in [0.1, 0.15) is 24.2 Å². The second-order valence-electron chi connectivity index (χ2n) is 5.68. The van der Waals surface area contributed by atoms with E-state index >= 15 is 0 Å². The lowest BCUT2D eigenvalue weighted by Crippen LogP contribution is -2.34. The van der Waals surface area contributed by atoms with Crippen LogP contribution in [0.1, 0.15) is 35.7 Å². The van der Waals surface area contributed by atoms with Gasteiger partial charge < -0.3 is 19.6 Å². The van der Waals surface area contributed by atoms with Gasteiger partial charge in [-0.2, -0.15) is 5.26 Å². The minimum atomic E-state index is -0.603. The molecule has 1 atom stereocenters. The molecule has 0 aliphatic carbocycles. The van der Waals surface area contributed by atoms with E-state index in [-0.39, 0.29) is 24.8 Å². The van der Waals surface area contributed by atoms with Crippen molar-refractivity contribution in [2.45, 2.75) is 26.6 Å². The Labute approximate surface area is 140 Å². The Bertz CT molecular complexity index is 731. The van der Waals surface area contributed by atoms with E-state index in [1.807, 2.05) is 19.9 Å². The summed E-state index contributed by atoms with van der Waals surface area (Å²) in [7, 11) is 0. The van der Waals surface area contributed by atoms with Crippen LogP contribution >= 0.6 is 0 Å². The first-order valence-corrected chi connectivity index (χ1v) is 7.68. The van der Waals surface area contributed by atoms with E-state index in [2.05, 4.69) is 5.32 Å². The molecule has 0 saturated carbocycles. The molecule has 24 heavy (non-hydrogen) atoms. The number of carbonyl (C=O) groups excluding carboxylic acids is 1. The molecule has 0 saturated heterocycles. The lowest BCUT2D eigenvalue weighted by molar-refractivity contribution is 0.0843. The largest absolute Gasteiger partial charge is 0.484 e. The van der Waals surface area contributed by atoms with Gasteiger partial charge in [-0.15, -0.1) is 0 Å². The number of aliphatic hydroxyl groups excluding tert-OH is 1. The van der Waals surface area contributed by atoms with Crippen LogP contribution in [0.3, 0.4) is 0 Å². The quantitative estimate of drug-likeness (QED) is 0.814. The highest BCUT2D eigenvalue weighted by Gasteiger charge is 2.15. The van der Waals surface area contributed by atoms with Crippen LogP contribution in [-0.4, -0.2) is 23.7 Å². The van der Waals surface area contributed by atoms with Gasteiger partial charge in [0.15, 0.2) is 5.76 Å². The first kappa shape index (κ1) is 17.6. The number of hydrogen-bond acceptors (Lipinski definition) is 5. The molecule has 1 aromatic carbocycles. The lowest BCUT2D eigenvalue weighted by atomic mass is 10.1. The topological polar surface area (TPSA) is 95.5 Å². The highest BCUT2D eigenvalue weighted by Crippen LogP contribution is 2.19. The number of para-hydroxylation sites is 1. The van der Waals surface area contributed by atoms with Gasteiger partial charge in [0, 0.05) is 6.54 Å². The molecular weight excluding hydrogens is 308 g/mol. The lowest BCUT2D eigenvalue weighted by Gasteiger charge is -2.14. The number of rotatable bonds is 7. The number of aliphatic hydroxyl groups is 1. The second kappa shape index (κ2) is 8.18. The zero-order chi connectivity index (χ0) is 17.5. The number of furan rings is 1. The number of benzene rings is 1. The zero-order valence-corrected chi connectivity index (χ0v) is 13.7. The van der Waals surface area contributed by atoms with Crippen molar-refractivity contribution < 1.29 is 19.1 Å². The Balaban J connectivity index is 1.91. The fourth-order valence-corrected chi connectivity index (χ4v) is 1.93. The van der Waals surface area contributed by atoms with Crippen molar-refractivity contribution in [1.82, 2.24) is 5.32 Å². The molecule has 1 aromatic heterocycles. The number of carbonyl (C=O) groups is 1. The van der Waals surface area contributed by atoms with Crippen LogP contribution in [0.5, 0.6) is 5.75 Å². The molecular formula is C18H20N2O4. The average Bonchev–Trinajstić information content (AvgIpc) is 3.06. The van der Waals surface area contributed by atoms with Crippen LogP contribution in [0, 0.1) is 17.2 Å². The molecule has 1 heterocycles. The Kier molecular flexibility index (Phi) is 5.99. The molecule has 2 rings (SSSR count). The molecule has 6 heteroatoms. The summed E-state index contributed by atoms with van der Waals surface area (Å²) in [5.41, 5.74) is 0.435. The van der Waals surface area contributed by atoms with Gasteiger partial charge in [0.05, 0.1) is 11.7 Å². The first-order valence-electron chi connectivity index (χ1n) is 7.68. The molecule has 0 fully saturated rings. The van der Waals surface area contributed by atoms with Gasteiger partial charge in [0.2, 0.25) is 0 Å². The number of nitrogens with zero attached hydrogens (tertiary/aromatic N) is 1. The third kappa shape index (κ3) is 4.61. The van der Waals surface area contributed by atoms with Crippen LogP contribution in [0.25, 0.3) is 0 Å². The molecule has 0 aliphatic heterocycles. The van der Waals surface area contributed by atoms with Crippen LogP contribution in [0.15, 0.2) is 40.8 Å². The van der Waals surface area contributed by atoms with Crippen molar-refractivity contribution >= 4 is 5.91 Å². The van der Waals surface area contributed by atoms with Gasteiger partial charge in [-0.05, 0) is 30.2 Å². The predicted molar refractivity (Wildman–Crippen MR) is 87.4 cm³/mol. The number of amides is 1. The van der Waals surface area contributed by atoms with Crippen molar-refractivity contribution in [2.75, 3.05) is 6.54 Å². The van der Waals surface area contributed by atoms with E-state index in [9.17, 15) is 9.90 Å². The fraction of sp³-hybridized carbons (Fsp3) is 0.333. The molecule has 0 unspecified atom stereocenters. The zero-order valence-electron chi connectivity index (χ0n) is 13.7. The van der Waals surface area contributed by atoms with Crippen molar-refractivity contribution in [3.8, 4) is 11.8 Å². The SMILES string of the molecule is CC(C)[C@@H](O)CNC(=O)c1ccc(COc2ccccc2C#N)o1. The van der Waals surface area contributed by atoms with Gasteiger partial charge in [-0.1, -0.05) is 26.0 Å². The smallest absolute Gasteiger partial charge is 0.287 e. The number of ether oxygens (including phenoxy) is 1. The van der Waals surface area contributed by atoms with E-state index in [1.165, 1.54) is 0 Å². The van der Waals surface area contributed by atoms with E-state index in [0.29, 0.717) is 17.1 Å². The molecule has 2 aromatic rings. The third-order valence-corrected chi connectivity index (χ3v) is 3.50. The third-order valence-electron chi connectivity index (χ3n) is 3.50. The van der Waals surface area contributed by atoms with Crippen LogP contribution in [0.2, 0.25) is 0 Å². The van der Waals surface area contributed by atoms with Crippen LogP contribution in [-0.2, 0) is 6.61 Å². The van der Waals surface area contributed by atoms with Gasteiger partial charge in [0.25, 0.3) is 5.91 Å². The molecule has 0 radical (unpaired) electrons. The summed E-state index contributed by atoms with van der Waals surface area (Å²) in [4.78, 5) is 12.0.